The maximum atomic E-state index is 11.0. The fourth-order valence-electron chi connectivity index (χ4n) is 1.46. The molecule has 0 saturated carbocycles. The zero-order valence-electron chi connectivity index (χ0n) is 10.9. The van der Waals surface area contributed by atoms with Gasteiger partial charge in [-0.05, 0) is 24.3 Å². The monoisotopic (exact) mass is 319 g/mol. The smallest absolute Gasteiger partial charge is 0.264 e. The van der Waals surface area contributed by atoms with Crippen LogP contribution in [0.2, 0.25) is 0 Å². The van der Waals surface area contributed by atoms with E-state index in [0.29, 0.717) is 34.1 Å². The second kappa shape index (κ2) is 6.82. The van der Waals surface area contributed by atoms with E-state index < -0.39 is 10.1 Å². The SMILES string of the molecule is CC(=O)Nc1cc(N)c(SCCCS(=O)(=O)O)cc1N. The molecule has 0 fully saturated rings. The molecule has 1 rings (SSSR count). The van der Waals surface area contributed by atoms with E-state index in [4.69, 9.17) is 16.0 Å². The Kier molecular flexibility index (Phi) is 5.66. The molecule has 1 amide bonds. The Morgan fingerprint density at radius 1 is 1.35 bits per heavy atom. The van der Waals surface area contributed by atoms with Gasteiger partial charge in [0.15, 0.2) is 0 Å². The van der Waals surface area contributed by atoms with Crippen LogP contribution in [-0.4, -0.2) is 30.4 Å². The highest BCUT2D eigenvalue weighted by atomic mass is 32.2. The van der Waals surface area contributed by atoms with Gasteiger partial charge in [0, 0.05) is 17.5 Å². The van der Waals surface area contributed by atoms with Crippen molar-refractivity contribution in [2.75, 3.05) is 28.3 Å². The third kappa shape index (κ3) is 5.68. The Morgan fingerprint density at radius 3 is 2.55 bits per heavy atom. The molecule has 9 heteroatoms. The summed E-state index contributed by atoms with van der Waals surface area (Å²) >= 11 is 1.34. The van der Waals surface area contributed by atoms with Crippen LogP contribution in [0.4, 0.5) is 17.1 Å². The molecule has 0 aliphatic heterocycles. The summed E-state index contributed by atoms with van der Waals surface area (Å²) in [4.78, 5) is 11.7. The first-order valence-electron chi connectivity index (χ1n) is 5.73. The summed E-state index contributed by atoms with van der Waals surface area (Å²) in [5.41, 5.74) is 12.9. The van der Waals surface area contributed by atoms with Crippen molar-refractivity contribution in [3.8, 4) is 0 Å². The quantitative estimate of drug-likeness (QED) is 0.267. The molecule has 0 heterocycles. The summed E-state index contributed by atoms with van der Waals surface area (Å²) in [6.45, 7) is 1.37. The van der Waals surface area contributed by atoms with Gasteiger partial charge in [0.25, 0.3) is 10.1 Å². The van der Waals surface area contributed by atoms with Crippen LogP contribution >= 0.6 is 11.8 Å². The largest absolute Gasteiger partial charge is 0.398 e. The summed E-state index contributed by atoms with van der Waals surface area (Å²) in [7, 11) is -3.93. The molecule has 0 aliphatic rings. The van der Waals surface area contributed by atoms with Crippen molar-refractivity contribution in [3.05, 3.63) is 12.1 Å². The van der Waals surface area contributed by atoms with Gasteiger partial charge in [-0.25, -0.2) is 0 Å². The standard InChI is InChI=1S/C11H17N3O4S2/c1-7(15)14-10-5-9(13)11(6-8(10)12)19-3-2-4-20(16,17)18/h5-6H,2-4,12-13H2,1H3,(H,14,15)(H,16,17,18). The predicted molar refractivity (Wildman–Crippen MR) is 81.3 cm³/mol. The van der Waals surface area contributed by atoms with Crippen LogP contribution in [0.25, 0.3) is 0 Å². The zero-order valence-corrected chi connectivity index (χ0v) is 12.6. The summed E-state index contributed by atoms with van der Waals surface area (Å²) in [6.07, 6.45) is 0.302. The zero-order chi connectivity index (χ0) is 15.3. The number of nitrogen functional groups attached to an aromatic ring is 2. The Balaban J connectivity index is 2.68. The highest BCUT2D eigenvalue weighted by Crippen LogP contribution is 2.32. The number of carbonyl (C=O) groups excluding carboxylic acids is 1. The summed E-state index contributed by atoms with van der Waals surface area (Å²) in [5.74, 6) is -0.0629. The molecule has 1 aromatic carbocycles. The van der Waals surface area contributed by atoms with Gasteiger partial charge in [-0.1, -0.05) is 0 Å². The van der Waals surface area contributed by atoms with Gasteiger partial charge < -0.3 is 16.8 Å². The normalized spacial score (nSPS) is 11.3. The lowest BCUT2D eigenvalue weighted by Crippen LogP contribution is -2.09. The molecule has 0 radical (unpaired) electrons. The Bertz CT molecular complexity index is 602. The van der Waals surface area contributed by atoms with Crippen LogP contribution in [0.5, 0.6) is 0 Å². The topological polar surface area (TPSA) is 136 Å². The molecule has 7 nitrogen and oxygen atoms in total. The Hall–Kier alpha value is -1.45. The van der Waals surface area contributed by atoms with Gasteiger partial charge in [-0.15, -0.1) is 11.8 Å². The molecule has 0 aliphatic carbocycles. The van der Waals surface area contributed by atoms with Gasteiger partial charge >= 0.3 is 0 Å². The van der Waals surface area contributed by atoms with Gasteiger partial charge in [0.05, 0.1) is 17.1 Å². The van der Waals surface area contributed by atoms with Crippen molar-refractivity contribution in [3.63, 3.8) is 0 Å². The molecule has 20 heavy (non-hydrogen) atoms. The van der Waals surface area contributed by atoms with E-state index in [1.807, 2.05) is 0 Å². The van der Waals surface area contributed by atoms with Gasteiger partial charge in [-0.2, -0.15) is 8.42 Å². The number of benzene rings is 1. The fourth-order valence-corrected chi connectivity index (χ4v) is 3.09. The molecule has 1 aromatic rings. The molecule has 6 N–H and O–H groups in total. The molecular formula is C11H17N3O4S2. The van der Waals surface area contributed by atoms with Crippen LogP contribution in [0.3, 0.4) is 0 Å². The van der Waals surface area contributed by atoms with Crippen molar-refractivity contribution < 1.29 is 17.8 Å². The van der Waals surface area contributed by atoms with Crippen molar-refractivity contribution >= 4 is 44.8 Å². The molecule has 0 saturated heterocycles. The predicted octanol–water partition coefficient (Wildman–Crippen LogP) is 1.18. The van der Waals surface area contributed by atoms with Gasteiger partial charge in [0.2, 0.25) is 5.91 Å². The number of hydrogen-bond acceptors (Lipinski definition) is 6. The second-order valence-electron chi connectivity index (χ2n) is 4.15. The van der Waals surface area contributed by atoms with Crippen LogP contribution in [0.15, 0.2) is 17.0 Å². The Labute approximate surface area is 121 Å². The molecule has 0 spiro atoms. The number of carbonyl (C=O) groups is 1. The van der Waals surface area contributed by atoms with E-state index in [1.54, 1.807) is 12.1 Å². The first-order chi connectivity index (χ1) is 9.19. The molecule has 112 valence electrons. The van der Waals surface area contributed by atoms with E-state index in [1.165, 1.54) is 18.7 Å². The molecule has 0 atom stereocenters. The molecular weight excluding hydrogens is 302 g/mol. The summed E-state index contributed by atoms with van der Waals surface area (Å²) < 4.78 is 29.8. The third-order valence-electron chi connectivity index (χ3n) is 2.30. The van der Waals surface area contributed by atoms with Crippen LogP contribution in [0.1, 0.15) is 13.3 Å². The first kappa shape index (κ1) is 16.6. The maximum absolute atomic E-state index is 11.0. The number of rotatable bonds is 6. The minimum Gasteiger partial charge on any atom is -0.398 e. The fraction of sp³-hybridized carbons (Fsp3) is 0.364. The average Bonchev–Trinajstić information content (AvgIpc) is 2.28. The average molecular weight is 319 g/mol. The van der Waals surface area contributed by atoms with Gasteiger partial charge in [0.1, 0.15) is 0 Å². The number of nitrogens with two attached hydrogens (primary N) is 2. The number of thioether (sulfide) groups is 1. The summed E-state index contributed by atoms with van der Waals surface area (Å²) in [6, 6.07) is 3.18. The minimum atomic E-state index is -3.93. The van der Waals surface area contributed by atoms with Crippen molar-refractivity contribution in [2.45, 2.75) is 18.2 Å². The first-order valence-corrected chi connectivity index (χ1v) is 8.33. The van der Waals surface area contributed by atoms with Crippen LogP contribution in [-0.2, 0) is 14.9 Å². The second-order valence-corrected chi connectivity index (χ2v) is 6.86. The van der Waals surface area contributed by atoms with Crippen molar-refractivity contribution in [1.29, 1.82) is 0 Å². The number of nitrogens with one attached hydrogen (secondary N) is 1. The Morgan fingerprint density at radius 2 is 2.00 bits per heavy atom. The van der Waals surface area contributed by atoms with Crippen LogP contribution in [0, 0.1) is 0 Å². The van der Waals surface area contributed by atoms with Gasteiger partial charge in [-0.3, -0.25) is 9.35 Å². The lowest BCUT2D eigenvalue weighted by atomic mass is 10.2. The van der Waals surface area contributed by atoms with Crippen molar-refractivity contribution in [1.82, 2.24) is 0 Å². The summed E-state index contributed by atoms with van der Waals surface area (Å²) in [5, 5.41) is 2.56. The van der Waals surface area contributed by atoms with E-state index >= 15 is 0 Å². The van der Waals surface area contributed by atoms with E-state index in [0.717, 1.165) is 0 Å². The molecule has 0 aromatic heterocycles. The minimum absolute atomic E-state index is 0.246. The van der Waals surface area contributed by atoms with E-state index in [-0.39, 0.29) is 11.7 Å². The number of anilines is 3. The highest BCUT2D eigenvalue weighted by Gasteiger charge is 2.09. The molecule has 0 bridgehead atoms. The third-order valence-corrected chi connectivity index (χ3v) is 4.26. The highest BCUT2D eigenvalue weighted by molar-refractivity contribution is 7.99. The van der Waals surface area contributed by atoms with Crippen molar-refractivity contribution in [2.24, 2.45) is 0 Å². The van der Waals surface area contributed by atoms with Crippen LogP contribution < -0.4 is 16.8 Å². The lowest BCUT2D eigenvalue weighted by molar-refractivity contribution is -0.114. The number of hydrogen-bond donors (Lipinski definition) is 4. The maximum Gasteiger partial charge on any atom is 0.264 e. The lowest BCUT2D eigenvalue weighted by Gasteiger charge is -2.11. The van der Waals surface area contributed by atoms with E-state index in [2.05, 4.69) is 5.32 Å². The van der Waals surface area contributed by atoms with E-state index in [9.17, 15) is 13.2 Å². The molecule has 0 unspecified atom stereocenters. The number of amides is 1.